The summed E-state index contributed by atoms with van der Waals surface area (Å²) in [5.74, 6) is 0.588. The molecule has 5 nitrogen and oxygen atoms in total. The van der Waals surface area contributed by atoms with Gasteiger partial charge in [0.05, 0.1) is 18.3 Å². The number of aliphatic hydroxyl groups is 1. The van der Waals surface area contributed by atoms with Crippen molar-refractivity contribution in [1.29, 1.82) is 0 Å². The van der Waals surface area contributed by atoms with E-state index in [1.54, 1.807) is 4.90 Å². The lowest BCUT2D eigenvalue weighted by Crippen LogP contribution is -2.56. The number of rotatable bonds is 4. The van der Waals surface area contributed by atoms with E-state index < -0.39 is 5.60 Å². The summed E-state index contributed by atoms with van der Waals surface area (Å²) in [4.78, 5) is 13.9. The molecule has 1 aliphatic heterocycles. The van der Waals surface area contributed by atoms with Gasteiger partial charge in [-0.05, 0) is 32.9 Å². The topological polar surface area (TPSA) is 59.0 Å². The number of ether oxygens (including phenoxy) is 2. The highest BCUT2D eigenvalue weighted by atomic mass is 16.5. The first-order valence-electron chi connectivity index (χ1n) is 7.15. The van der Waals surface area contributed by atoms with Crippen LogP contribution in [0.5, 0.6) is 5.75 Å². The Morgan fingerprint density at radius 3 is 2.71 bits per heavy atom. The molecule has 0 aromatic heterocycles. The molecule has 0 aliphatic carbocycles. The van der Waals surface area contributed by atoms with Gasteiger partial charge in [0.15, 0.2) is 6.61 Å². The van der Waals surface area contributed by atoms with Crippen LogP contribution in [0.2, 0.25) is 0 Å². The molecule has 1 saturated heterocycles. The second kappa shape index (κ2) is 6.45. The Kier molecular flexibility index (Phi) is 4.85. The molecule has 1 aliphatic rings. The summed E-state index contributed by atoms with van der Waals surface area (Å²) >= 11 is 0. The molecule has 116 valence electrons. The number of morpholine rings is 1. The maximum atomic E-state index is 12.3. The smallest absolute Gasteiger partial charge is 0.260 e. The second-order valence-electron chi connectivity index (χ2n) is 6.06. The van der Waals surface area contributed by atoms with Crippen LogP contribution in [0.3, 0.4) is 0 Å². The number of aryl methyl sites for hydroxylation is 1. The molecule has 1 N–H and O–H groups in total. The van der Waals surface area contributed by atoms with Crippen molar-refractivity contribution in [3.05, 3.63) is 29.8 Å². The number of hydrogen-bond acceptors (Lipinski definition) is 4. The zero-order chi connectivity index (χ0) is 15.5. The number of benzene rings is 1. The third-order valence-corrected chi connectivity index (χ3v) is 3.42. The van der Waals surface area contributed by atoms with Gasteiger partial charge < -0.3 is 19.5 Å². The first-order chi connectivity index (χ1) is 9.89. The third kappa shape index (κ3) is 4.44. The van der Waals surface area contributed by atoms with Crippen LogP contribution < -0.4 is 4.74 Å². The van der Waals surface area contributed by atoms with Crippen molar-refractivity contribution in [2.45, 2.75) is 32.5 Å². The van der Waals surface area contributed by atoms with Gasteiger partial charge in [0, 0.05) is 13.1 Å². The predicted octanol–water partition coefficient (Wildman–Crippen LogP) is 1.37. The Morgan fingerprint density at radius 1 is 1.43 bits per heavy atom. The van der Waals surface area contributed by atoms with Crippen molar-refractivity contribution >= 4 is 5.91 Å². The van der Waals surface area contributed by atoms with Gasteiger partial charge in [0.25, 0.3) is 5.91 Å². The van der Waals surface area contributed by atoms with E-state index in [1.165, 1.54) is 0 Å². The number of aliphatic hydroxyl groups excluding tert-OH is 1. The summed E-state index contributed by atoms with van der Waals surface area (Å²) in [6, 6.07) is 7.59. The molecule has 1 aromatic carbocycles. The molecule has 21 heavy (non-hydrogen) atoms. The second-order valence-corrected chi connectivity index (χ2v) is 6.06. The van der Waals surface area contributed by atoms with Crippen molar-refractivity contribution in [2.75, 3.05) is 26.3 Å². The Morgan fingerprint density at radius 2 is 2.10 bits per heavy atom. The number of amides is 1. The monoisotopic (exact) mass is 293 g/mol. The number of carbonyl (C=O) groups is 1. The fourth-order valence-corrected chi connectivity index (χ4v) is 2.45. The first kappa shape index (κ1) is 15.8. The lowest BCUT2D eigenvalue weighted by atomic mass is 10.1. The van der Waals surface area contributed by atoms with Crippen LogP contribution in [0.4, 0.5) is 0 Å². The molecule has 5 heteroatoms. The Balaban J connectivity index is 1.91. The van der Waals surface area contributed by atoms with E-state index in [0.717, 1.165) is 5.56 Å². The normalized spacial score (nSPS) is 21.1. The summed E-state index contributed by atoms with van der Waals surface area (Å²) < 4.78 is 11.2. The van der Waals surface area contributed by atoms with Gasteiger partial charge in [-0.3, -0.25) is 4.79 Å². The Bertz CT molecular complexity index is 484. The quantitative estimate of drug-likeness (QED) is 0.911. The van der Waals surface area contributed by atoms with E-state index in [0.29, 0.717) is 18.8 Å². The SMILES string of the molecule is Cc1ccc(OCC(=O)N2CC(CO)OC(C)(C)C2)cc1. The van der Waals surface area contributed by atoms with Crippen molar-refractivity contribution in [3.63, 3.8) is 0 Å². The van der Waals surface area contributed by atoms with Crippen molar-refractivity contribution < 1.29 is 19.4 Å². The number of nitrogens with zero attached hydrogens (tertiary/aromatic N) is 1. The molecule has 1 unspecified atom stereocenters. The summed E-state index contributed by atoms with van der Waals surface area (Å²) in [6.07, 6.45) is -0.336. The summed E-state index contributed by atoms with van der Waals surface area (Å²) in [7, 11) is 0. The fraction of sp³-hybridized carbons (Fsp3) is 0.562. The molecule has 0 saturated carbocycles. The summed E-state index contributed by atoms with van der Waals surface area (Å²) in [6.45, 7) is 6.63. The van der Waals surface area contributed by atoms with Gasteiger partial charge in [-0.1, -0.05) is 17.7 Å². The minimum Gasteiger partial charge on any atom is -0.484 e. The van der Waals surface area contributed by atoms with Crippen molar-refractivity contribution in [2.24, 2.45) is 0 Å². The molecule has 1 fully saturated rings. The highest BCUT2D eigenvalue weighted by Crippen LogP contribution is 2.21. The van der Waals surface area contributed by atoms with E-state index in [-0.39, 0.29) is 25.2 Å². The van der Waals surface area contributed by atoms with Gasteiger partial charge >= 0.3 is 0 Å². The molecule has 1 atom stereocenters. The van der Waals surface area contributed by atoms with E-state index in [9.17, 15) is 9.90 Å². The largest absolute Gasteiger partial charge is 0.484 e. The van der Waals surface area contributed by atoms with Gasteiger partial charge in [0.1, 0.15) is 5.75 Å². The minimum atomic E-state index is -0.453. The summed E-state index contributed by atoms with van der Waals surface area (Å²) in [5.41, 5.74) is 0.694. The highest BCUT2D eigenvalue weighted by Gasteiger charge is 2.35. The van der Waals surface area contributed by atoms with E-state index >= 15 is 0 Å². The van der Waals surface area contributed by atoms with Crippen LogP contribution >= 0.6 is 0 Å². The Hall–Kier alpha value is -1.59. The van der Waals surface area contributed by atoms with Crippen LogP contribution in [0, 0.1) is 6.92 Å². The molecule has 0 spiro atoms. The summed E-state index contributed by atoms with van der Waals surface area (Å²) in [5, 5.41) is 9.26. The maximum Gasteiger partial charge on any atom is 0.260 e. The average Bonchev–Trinajstić information content (AvgIpc) is 2.44. The molecule has 1 aromatic rings. The highest BCUT2D eigenvalue weighted by molar-refractivity contribution is 5.78. The van der Waals surface area contributed by atoms with Crippen molar-refractivity contribution in [1.82, 2.24) is 4.90 Å². The molecule has 1 amide bonds. The zero-order valence-corrected chi connectivity index (χ0v) is 12.8. The first-order valence-corrected chi connectivity index (χ1v) is 7.15. The molecular weight excluding hydrogens is 270 g/mol. The Labute approximate surface area is 125 Å². The maximum absolute atomic E-state index is 12.3. The third-order valence-electron chi connectivity index (χ3n) is 3.42. The standard InChI is InChI=1S/C16H23NO4/c1-12-4-6-13(7-5-12)20-10-15(19)17-8-14(9-18)21-16(2,3)11-17/h4-7,14,18H,8-11H2,1-3H3. The zero-order valence-electron chi connectivity index (χ0n) is 12.8. The van der Waals surface area contributed by atoms with Gasteiger partial charge in [0.2, 0.25) is 0 Å². The van der Waals surface area contributed by atoms with E-state index in [2.05, 4.69) is 0 Å². The molecular formula is C16H23NO4. The van der Waals surface area contributed by atoms with Crippen LogP contribution in [0.25, 0.3) is 0 Å². The van der Waals surface area contributed by atoms with Crippen LogP contribution in [-0.4, -0.2) is 53.9 Å². The van der Waals surface area contributed by atoms with Crippen molar-refractivity contribution in [3.8, 4) is 5.75 Å². The number of carbonyl (C=O) groups excluding carboxylic acids is 1. The van der Waals surface area contributed by atoms with E-state index in [1.807, 2.05) is 45.0 Å². The lowest BCUT2D eigenvalue weighted by Gasteiger charge is -2.42. The molecule has 2 rings (SSSR count). The van der Waals surface area contributed by atoms with Crippen LogP contribution in [-0.2, 0) is 9.53 Å². The average molecular weight is 293 g/mol. The fourth-order valence-electron chi connectivity index (χ4n) is 2.45. The van der Waals surface area contributed by atoms with Gasteiger partial charge in [-0.2, -0.15) is 0 Å². The number of hydrogen-bond donors (Lipinski definition) is 1. The van der Waals surface area contributed by atoms with Crippen LogP contribution in [0.15, 0.2) is 24.3 Å². The van der Waals surface area contributed by atoms with Gasteiger partial charge in [-0.25, -0.2) is 0 Å². The minimum absolute atomic E-state index is 0.00269. The van der Waals surface area contributed by atoms with Gasteiger partial charge in [-0.15, -0.1) is 0 Å². The molecule has 0 radical (unpaired) electrons. The molecule has 0 bridgehead atoms. The lowest BCUT2D eigenvalue weighted by molar-refractivity contribution is -0.168. The van der Waals surface area contributed by atoms with E-state index in [4.69, 9.17) is 9.47 Å². The predicted molar refractivity (Wildman–Crippen MR) is 79.3 cm³/mol. The van der Waals surface area contributed by atoms with Crippen LogP contribution in [0.1, 0.15) is 19.4 Å². The molecule has 1 heterocycles.